The second-order valence-corrected chi connectivity index (χ2v) is 5.13. The van der Waals surface area contributed by atoms with Gasteiger partial charge in [-0.3, -0.25) is 0 Å². The maximum atomic E-state index is 10.2. The van der Waals surface area contributed by atoms with Gasteiger partial charge in [-0.15, -0.1) is 0 Å². The van der Waals surface area contributed by atoms with Gasteiger partial charge in [-0.25, -0.2) is 0 Å². The van der Waals surface area contributed by atoms with Crippen LogP contribution in [0.3, 0.4) is 0 Å². The van der Waals surface area contributed by atoms with Gasteiger partial charge < -0.3 is 10.0 Å². The molecular formula is C15H23NO. The van der Waals surface area contributed by atoms with E-state index in [1.807, 2.05) is 30.3 Å². The monoisotopic (exact) mass is 233 g/mol. The minimum atomic E-state index is -0.346. The Bertz CT molecular complexity index is 321. The van der Waals surface area contributed by atoms with Gasteiger partial charge in [0.25, 0.3) is 0 Å². The summed E-state index contributed by atoms with van der Waals surface area (Å²) >= 11 is 0. The highest BCUT2D eigenvalue weighted by molar-refractivity contribution is 5.17. The lowest BCUT2D eigenvalue weighted by molar-refractivity contribution is 0.110. The summed E-state index contributed by atoms with van der Waals surface area (Å²) in [7, 11) is 0. The molecule has 0 unspecified atom stereocenters. The predicted molar refractivity (Wildman–Crippen MR) is 70.9 cm³/mol. The molecule has 0 aliphatic heterocycles. The SMILES string of the molecule is CCCN(CC1CC1)C[C@@H](O)c1ccccc1. The first-order valence-electron chi connectivity index (χ1n) is 6.75. The second kappa shape index (κ2) is 6.18. The van der Waals surface area contributed by atoms with Gasteiger partial charge in [-0.05, 0) is 37.3 Å². The normalized spacial score (nSPS) is 17.4. The van der Waals surface area contributed by atoms with Crippen LogP contribution in [0.25, 0.3) is 0 Å². The maximum absolute atomic E-state index is 10.2. The zero-order valence-electron chi connectivity index (χ0n) is 10.7. The van der Waals surface area contributed by atoms with Crippen LogP contribution in [-0.2, 0) is 0 Å². The van der Waals surface area contributed by atoms with Gasteiger partial charge in [-0.2, -0.15) is 0 Å². The lowest BCUT2D eigenvalue weighted by Crippen LogP contribution is -2.31. The number of nitrogens with zero attached hydrogens (tertiary/aromatic N) is 1. The number of hydrogen-bond acceptors (Lipinski definition) is 2. The molecule has 0 aromatic heterocycles. The van der Waals surface area contributed by atoms with E-state index in [0.29, 0.717) is 0 Å². The number of hydrogen-bond donors (Lipinski definition) is 1. The first-order valence-corrected chi connectivity index (χ1v) is 6.75. The fourth-order valence-electron chi connectivity index (χ4n) is 2.26. The van der Waals surface area contributed by atoms with Crippen molar-refractivity contribution in [1.82, 2.24) is 4.90 Å². The Morgan fingerprint density at radius 1 is 1.29 bits per heavy atom. The minimum Gasteiger partial charge on any atom is -0.387 e. The van der Waals surface area contributed by atoms with Gasteiger partial charge in [0.15, 0.2) is 0 Å². The van der Waals surface area contributed by atoms with Crippen molar-refractivity contribution >= 4 is 0 Å². The number of benzene rings is 1. The van der Waals surface area contributed by atoms with Crippen molar-refractivity contribution in [2.24, 2.45) is 5.92 Å². The summed E-state index contributed by atoms with van der Waals surface area (Å²) in [6, 6.07) is 9.98. The highest BCUT2D eigenvalue weighted by Crippen LogP contribution is 2.30. The molecule has 0 bridgehead atoms. The fourth-order valence-corrected chi connectivity index (χ4v) is 2.26. The first-order chi connectivity index (χ1) is 8.29. The lowest BCUT2D eigenvalue weighted by Gasteiger charge is -2.24. The first kappa shape index (κ1) is 12.6. The highest BCUT2D eigenvalue weighted by Gasteiger charge is 2.25. The third kappa shape index (κ3) is 4.14. The van der Waals surface area contributed by atoms with Gasteiger partial charge >= 0.3 is 0 Å². The molecule has 1 aliphatic carbocycles. The molecular weight excluding hydrogens is 210 g/mol. The van der Waals surface area contributed by atoms with E-state index < -0.39 is 0 Å². The quantitative estimate of drug-likeness (QED) is 0.783. The van der Waals surface area contributed by atoms with Crippen molar-refractivity contribution in [2.75, 3.05) is 19.6 Å². The van der Waals surface area contributed by atoms with Crippen LogP contribution in [0, 0.1) is 5.92 Å². The topological polar surface area (TPSA) is 23.5 Å². The third-order valence-electron chi connectivity index (χ3n) is 3.37. The molecule has 1 saturated carbocycles. The summed E-state index contributed by atoms with van der Waals surface area (Å²) in [5, 5.41) is 10.2. The Labute approximate surface area is 104 Å². The van der Waals surface area contributed by atoms with Crippen LogP contribution in [0.1, 0.15) is 37.9 Å². The molecule has 1 aliphatic rings. The van der Waals surface area contributed by atoms with E-state index >= 15 is 0 Å². The van der Waals surface area contributed by atoms with Crippen LogP contribution in [-0.4, -0.2) is 29.6 Å². The van der Waals surface area contributed by atoms with E-state index in [2.05, 4.69) is 11.8 Å². The molecule has 0 spiro atoms. The van der Waals surface area contributed by atoms with Gasteiger partial charge in [-0.1, -0.05) is 37.3 Å². The number of aliphatic hydroxyl groups excluding tert-OH is 1. The van der Waals surface area contributed by atoms with Crippen LogP contribution in [0.5, 0.6) is 0 Å². The molecule has 0 radical (unpaired) electrons. The zero-order valence-corrected chi connectivity index (χ0v) is 10.7. The average Bonchev–Trinajstić information content (AvgIpc) is 3.14. The van der Waals surface area contributed by atoms with Crippen molar-refractivity contribution < 1.29 is 5.11 Å². The Kier molecular flexibility index (Phi) is 4.57. The molecule has 1 N–H and O–H groups in total. The molecule has 1 atom stereocenters. The summed E-state index contributed by atoms with van der Waals surface area (Å²) in [4.78, 5) is 2.41. The molecule has 17 heavy (non-hydrogen) atoms. The summed E-state index contributed by atoms with van der Waals surface area (Å²) in [5.41, 5.74) is 1.03. The van der Waals surface area contributed by atoms with Crippen LogP contribution < -0.4 is 0 Å². The van der Waals surface area contributed by atoms with E-state index in [0.717, 1.165) is 37.5 Å². The van der Waals surface area contributed by atoms with E-state index in [1.165, 1.54) is 12.8 Å². The molecule has 2 rings (SSSR count). The Morgan fingerprint density at radius 2 is 2.00 bits per heavy atom. The van der Waals surface area contributed by atoms with Gasteiger partial charge in [0.1, 0.15) is 0 Å². The van der Waals surface area contributed by atoms with Crippen molar-refractivity contribution in [1.29, 1.82) is 0 Å². The van der Waals surface area contributed by atoms with Crippen LogP contribution in [0.2, 0.25) is 0 Å². The Hall–Kier alpha value is -0.860. The van der Waals surface area contributed by atoms with Gasteiger partial charge in [0.2, 0.25) is 0 Å². The average molecular weight is 233 g/mol. The van der Waals surface area contributed by atoms with Gasteiger partial charge in [0, 0.05) is 13.1 Å². The molecule has 0 heterocycles. The van der Waals surface area contributed by atoms with E-state index in [4.69, 9.17) is 0 Å². The Morgan fingerprint density at radius 3 is 2.59 bits per heavy atom. The van der Waals surface area contributed by atoms with Crippen molar-refractivity contribution in [3.05, 3.63) is 35.9 Å². The van der Waals surface area contributed by atoms with Crippen molar-refractivity contribution in [3.63, 3.8) is 0 Å². The van der Waals surface area contributed by atoms with E-state index in [9.17, 15) is 5.11 Å². The molecule has 0 amide bonds. The van der Waals surface area contributed by atoms with E-state index in [-0.39, 0.29) is 6.10 Å². The minimum absolute atomic E-state index is 0.346. The zero-order chi connectivity index (χ0) is 12.1. The molecule has 2 nitrogen and oxygen atoms in total. The molecule has 2 heteroatoms. The molecule has 0 saturated heterocycles. The Balaban J connectivity index is 1.87. The van der Waals surface area contributed by atoms with Crippen molar-refractivity contribution in [3.8, 4) is 0 Å². The highest BCUT2D eigenvalue weighted by atomic mass is 16.3. The summed E-state index contributed by atoms with van der Waals surface area (Å²) in [6.45, 7) is 5.24. The standard InChI is InChI=1S/C15H23NO/c1-2-10-16(11-13-8-9-13)12-15(17)14-6-4-3-5-7-14/h3-7,13,15,17H,2,8-12H2,1H3/t15-/m1/s1. The second-order valence-electron chi connectivity index (χ2n) is 5.13. The predicted octanol–water partition coefficient (Wildman–Crippen LogP) is 2.84. The fraction of sp³-hybridized carbons (Fsp3) is 0.600. The maximum Gasteiger partial charge on any atom is 0.0916 e. The molecule has 1 fully saturated rings. The van der Waals surface area contributed by atoms with Crippen LogP contribution >= 0.6 is 0 Å². The molecule has 94 valence electrons. The van der Waals surface area contributed by atoms with Crippen LogP contribution in [0.15, 0.2) is 30.3 Å². The van der Waals surface area contributed by atoms with Gasteiger partial charge in [0.05, 0.1) is 6.10 Å². The van der Waals surface area contributed by atoms with E-state index in [1.54, 1.807) is 0 Å². The summed E-state index contributed by atoms with van der Waals surface area (Å²) in [5.74, 6) is 0.893. The summed E-state index contributed by atoms with van der Waals surface area (Å²) < 4.78 is 0. The van der Waals surface area contributed by atoms with Crippen LogP contribution in [0.4, 0.5) is 0 Å². The largest absolute Gasteiger partial charge is 0.387 e. The number of aliphatic hydroxyl groups is 1. The van der Waals surface area contributed by atoms with Crippen molar-refractivity contribution in [2.45, 2.75) is 32.3 Å². The lowest BCUT2D eigenvalue weighted by atomic mass is 10.1. The molecule has 1 aromatic rings. The third-order valence-corrected chi connectivity index (χ3v) is 3.37. The molecule has 1 aromatic carbocycles. The number of rotatable bonds is 7. The summed E-state index contributed by atoms with van der Waals surface area (Å²) in [6.07, 6.45) is 3.57. The smallest absolute Gasteiger partial charge is 0.0916 e.